The van der Waals surface area contributed by atoms with Gasteiger partial charge in [0.15, 0.2) is 0 Å². The first-order valence-corrected chi connectivity index (χ1v) is 11.8. The van der Waals surface area contributed by atoms with Crippen molar-refractivity contribution in [2.24, 2.45) is 0 Å². The van der Waals surface area contributed by atoms with E-state index in [9.17, 15) is 9.90 Å². The molecule has 0 saturated carbocycles. The number of aromatic nitrogens is 3. The first-order chi connectivity index (χ1) is 17.0. The van der Waals surface area contributed by atoms with Gasteiger partial charge in [-0.25, -0.2) is 9.97 Å². The van der Waals surface area contributed by atoms with Gasteiger partial charge in [-0.2, -0.15) is 4.98 Å². The number of anilines is 1. The molecule has 3 aromatic heterocycles. The number of hydrogen-bond donors (Lipinski definition) is 3. The molecule has 0 atom stereocenters. The Morgan fingerprint density at radius 2 is 1.89 bits per heavy atom. The SMILES string of the molecule is [B]C([B])(O)C([B])([B])OCc1cnc(Cl)nc1Oc1ccc2c(ccc3sc4c(c32)NCCNC4=O)n1. The molecule has 0 fully saturated rings. The van der Waals surface area contributed by atoms with Gasteiger partial charge in [0, 0.05) is 46.2 Å². The van der Waals surface area contributed by atoms with E-state index in [2.05, 4.69) is 25.6 Å². The summed E-state index contributed by atoms with van der Waals surface area (Å²) in [7, 11) is 22.0. The molecule has 0 bridgehead atoms. The second kappa shape index (κ2) is 9.26. The van der Waals surface area contributed by atoms with Crippen molar-refractivity contribution in [3.05, 3.63) is 46.2 Å². The molecule has 0 aliphatic carbocycles. The van der Waals surface area contributed by atoms with Crippen LogP contribution in [-0.4, -0.2) is 81.2 Å². The minimum Gasteiger partial charge on any atom is -0.420 e. The van der Waals surface area contributed by atoms with E-state index >= 15 is 0 Å². The molecule has 8 radical (unpaired) electrons. The number of aliphatic hydroxyl groups is 1. The highest BCUT2D eigenvalue weighted by molar-refractivity contribution is 7.21. The van der Waals surface area contributed by atoms with Crippen LogP contribution in [0.25, 0.3) is 21.0 Å². The molecule has 9 nitrogen and oxygen atoms in total. The maximum Gasteiger partial charge on any atom is 0.263 e. The Labute approximate surface area is 220 Å². The molecule has 0 unspecified atom stereocenters. The van der Waals surface area contributed by atoms with Gasteiger partial charge >= 0.3 is 0 Å². The van der Waals surface area contributed by atoms with Crippen LogP contribution in [0.1, 0.15) is 15.2 Å². The summed E-state index contributed by atoms with van der Waals surface area (Å²) >= 11 is 7.38. The summed E-state index contributed by atoms with van der Waals surface area (Å²) in [6.45, 7) is 0.855. The third-order valence-corrected chi connectivity index (χ3v) is 6.84. The topological polar surface area (TPSA) is 118 Å². The first-order valence-electron chi connectivity index (χ1n) is 10.6. The number of pyridine rings is 1. The Morgan fingerprint density at radius 3 is 2.67 bits per heavy atom. The number of rotatable bonds is 6. The number of hydrogen-bond acceptors (Lipinski definition) is 9. The molecule has 15 heteroatoms. The standard InChI is InChI=1S/C21H14B4ClN5O4S/c22-20(23,33)21(24,25)34-8-9-7-29-19(26)31-18(9)35-13-4-1-10-11(30-13)2-3-12-14(10)15-16(36-12)17(32)28-6-5-27-15/h1-4,7,27,33H,5-6,8H2,(H,28,32). The molecule has 1 amide bonds. The number of nitrogens with one attached hydrogen (secondary N) is 2. The minimum atomic E-state index is -2.51. The van der Waals surface area contributed by atoms with E-state index in [-0.39, 0.29) is 29.6 Å². The van der Waals surface area contributed by atoms with Crippen LogP contribution in [-0.2, 0) is 11.3 Å². The predicted molar refractivity (Wildman–Crippen MR) is 141 cm³/mol. The lowest BCUT2D eigenvalue weighted by Crippen LogP contribution is -2.58. The maximum atomic E-state index is 12.4. The van der Waals surface area contributed by atoms with Gasteiger partial charge in [0.05, 0.1) is 23.4 Å². The van der Waals surface area contributed by atoms with Crippen LogP contribution in [0.2, 0.25) is 5.28 Å². The largest absolute Gasteiger partial charge is 0.420 e. The zero-order chi connectivity index (χ0) is 25.7. The van der Waals surface area contributed by atoms with Crippen LogP contribution in [0.5, 0.6) is 11.8 Å². The smallest absolute Gasteiger partial charge is 0.263 e. The van der Waals surface area contributed by atoms with Gasteiger partial charge in [-0.05, 0) is 35.2 Å². The number of benzene rings is 1. The van der Waals surface area contributed by atoms with Crippen LogP contribution in [0.3, 0.4) is 0 Å². The minimum absolute atomic E-state index is 0.0269. The van der Waals surface area contributed by atoms with Crippen molar-refractivity contribution >= 4 is 86.9 Å². The second-order valence-corrected chi connectivity index (χ2v) is 9.51. The fourth-order valence-corrected chi connectivity index (χ4v) is 4.82. The Morgan fingerprint density at radius 1 is 1.11 bits per heavy atom. The van der Waals surface area contributed by atoms with Crippen molar-refractivity contribution in [1.29, 1.82) is 0 Å². The molecule has 3 N–H and O–H groups in total. The Kier molecular flexibility index (Phi) is 6.40. The molecular weight excluding hydrogens is 497 g/mol. The highest BCUT2D eigenvalue weighted by atomic mass is 35.5. The summed E-state index contributed by atoms with van der Waals surface area (Å²) in [5.74, 6) is 0.138. The van der Waals surface area contributed by atoms with Gasteiger partial charge in [-0.15, -0.1) is 11.3 Å². The molecular formula is C21H14B4ClN5O4S. The molecule has 36 heavy (non-hydrogen) atoms. The van der Waals surface area contributed by atoms with Crippen molar-refractivity contribution in [1.82, 2.24) is 20.3 Å². The second-order valence-electron chi connectivity index (χ2n) is 8.12. The van der Waals surface area contributed by atoms with Crippen molar-refractivity contribution in [3.63, 3.8) is 0 Å². The maximum absolute atomic E-state index is 12.4. The normalized spacial score (nSPS) is 14.2. The Hall–Kier alpha value is -2.79. The summed E-state index contributed by atoms with van der Waals surface area (Å²) in [6, 6.07) is 7.27. The van der Waals surface area contributed by atoms with Crippen LogP contribution < -0.4 is 15.4 Å². The first kappa shape index (κ1) is 24.9. The number of fused-ring (bicyclic) bond motifs is 5. The predicted octanol–water partition coefficient (Wildman–Crippen LogP) is 1.33. The average Bonchev–Trinajstić information content (AvgIpc) is 3.10. The zero-order valence-corrected chi connectivity index (χ0v) is 20.2. The summed E-state index contributed by atoms with van der Waals surface area (Å²) < 4.78 is 12.1. The van der Waals surface area contributed by atoms with Crippen molar-refractivity contribution in [2.45, 2.75) is 17.4 Å². The fourth-order valence-electron chi connectivity index (χ4n) is 3.58. The summed E-state index contributed by atoms with van der Waals surface area (Å²) in [6.07, 6.45) is 1.34. The molecule has 1 aromatic carbocycles. The van der Waals surface area contributed by atoms with Crippen LogP contribution >= 0.6 is 22.9 Å². The molecule has 4 heterocycles. The van der Waals surface area contributed by atoms with Gasteiger partial charge in [0.2, 0.25) is 17.0 Å². The van der Waals surface area contributed by atoms with E-state index in [0.29, 0.717) is 29.0 Å². The van der Waals surface area contributed by atoms with E-state index in [1.54, 1.807) is 6.07 Å². The fraction of sp³-hybridized carbons (Fsp3) is 0.238. The third-order valence-electron chi connectivity index (χ3n) is 5.50. The van der Waals surface area contributed by atoms with Gasteiger partial charge in [-0.3, -0.25) is 4.79 Å². The molecule has 1 aliphatic rings. The van der Waals surface area contributed by atoms with E-state index in [1.165, 1.54) is 17.5 Å². The highest BCUT2D eigenvalue weighted by Crippen LogP contribution is 2.41. The number of amides is 1. The number of halogens is 1. The number of nitrogens with zero attached hydrogens (tertiary/aromatic N) is 3. The lowest BCUT2D eigenvalue weighted by Gasteiger charge is -2.39. The molecule has 172 valence electrons. The monoisotopic (exact) mass is 511 g/mol. The van der Waals surface area contributed by atoms with Crippen molar-refractivity contribution < 1.29 is 19.4 Å². The molecule has 0 saturated heterocycles. The van der Waals surface area contributed by atoms with E-state index in [4.69, 9.17) is 52.5 Å². The Bertz CT molecular complexity index is 1500. The highest BCUT2D eigenvalue weighted by Gasteiger charge is 2.34. The molecule has 0 spiro atoms. The number of thiophene rings is 1. The number of ether oxygens (including phenoxy) is 2. The van der Waals surface area contributed by atoms with Gasteiger partial charge < -0.3 is 25.2 Å². The van der Waals surface area contributed by atoms with Gasteiger partial charge in [0.1, 0.15) is 36.3 Å². The molecule has 4 aromatic rings. The van der Waals surface area contributed by atoms with Crippen LogP contribution in [0, 0.1) is 0 Å². The van der Waals surface area contributed by atoms with Crippen molar-refractivity contribution in [2.75, 3.05) is 18.4 Å². The van der Waals surface area contributed by atoms with E-state index < -0.39 is 10.8 Å². The number of carbonyl (C=O) groups is 1. The average molecular weight is 511 g/mol. The van der Waals surface area contributed by atoms with E-state index in [0.717, 1.165) is 21.2 Å². The van der Waals surface area contributed by atoms with E-state index in [1.807, 2.05) is 18.2 Å². The third kappa shape index (κ3) is 4.66. The molecule has 1 aliphatic heterocycles. The molecule has 5 rings (SSSR count). The lowest BCUT2D eigenvalue weighted by atomic mass is 9.42. The quantitative estimate of drug-likeness (QED) is 0.262. The Balaban J connectivity index is 1.48. The van der Waals surface area contributed by atoms with Gasteiger partial charge in [-0.1, -0.05) is 0 Å². The van der Waals surface area contributed by atoms with Gasteiger partial charge in [0.25, 0.3) is 5.91 Å². The van der Waals surface area contributed by atoms with Crippen molar-refractivity contribution in [3.8, 4) is 11.8 Å². The summed E-state index contributed by atoms with van der Waals surface area (Å²) in [5, 5.41) is 12.8. The zero-order valence-electron chi connectivity index (χ0n) is 18.6. The lowest BCUT2D eigenvalue weighted by molar-refractivity contribution is -0.0129. The van der Waals surface area contributed by atoms with Crippen LogP contribution in [0.4, 0.5) is 5.69 Å². The van der Waals surface area contributed by atoms with Crippen LogP contribution in [0.15, 0.2) is 30.5 Å². The summed E-state index contributed by atoms with van der Waals surface area (Å²) in [5.41, 5.74) is 1.73. The summed E-state index contributed by atoms with van der Waals surface area (Å²) in [4.78, 5) is 25.7. The number of carbonyl (C=O) groups excluding carboxylic acids is 1.